The van der Waals surface area contributed by atoms with Gasteiger partial charge in [-0.05, 0) is 37.9 Å². The molecular weight excluding hydrogens is 264 g/mol. The first-order valence-corrected chi connectivity index (χ1v) is 7.92. The number of carbonyl (C=O) groups is 1. The number of ether oxygens (including phenoxy) is 1. The summed E-state index contributed by atoms with van der Waals surface area (Å²) in [6, 6.07) is 7.73. The van der Waals surface area contributed by atoms with E-state index in [1.54, 1.807) is 7.11 Å². The van der Waals surface area contributed by atoms with Crippen molar-refractivity contribution in [3.8, 4) is 5.75 Å². The van der Waals surface area contributed by atoms with E-state index < -0.39 is 0 Å². The molecule has 0 bridgehead atoms. The summed E-state index contributed by atoms with van der Waals surface area (Å²) < 4.78 is 5.42. The number of amides is 1. The highest BCUT2D eigenvalue weighted by atomic mass is 16.5. The van der Waals surface area contributed by atoms with Gasteiger partial charge in [0.1, 0.15) is 5.75 Å². The molecule has 1 aromatic carbocycles. The van der Waals surface area contributed by atoms with Gasteiger partial charge >= 0.3 is 0 Å². The maximum absolute atomic E-state index is 12.9. The van der Waals surface area contributed by atoms with Gasteiger partial charge in [-0.25, -0.2) is 0 Å². The molecule has 0 aliphatic heterocycles. The Morgan fingerprint density at radius 1 is 1.29 bits per heavy atom. The molecular formula is C17H26N2O2. The fraction of sp³-hybridized carbons (Fsp3) is 0.588. The Bertz CT molecular complexity index is 456. The molecule has 1 fully saturated rings. The van der Waals surface area contributed by atoms with Crippen LogP contribution in [-0.4, -0.2) is 26.1 Å². The molecule has 1 aromatic rings. The highest BCUT2D eigenvalue weighted by molar-refractivity contribution is 5.96. The van der Waals surface area contributed by atoms with E-state index in [4.69, 9.17) is 10.5 Å². The predicted molar refractivity (Wildman–Crippen MR) is 85.6 cm³/mol. The Kier molecular flexibility index (Phi) is 6.05. The number of nitrogens with two attached hydrogens (primary N) is 1. The summed E-state index contributed by atoms with van der Waals surface area (Å²) in [4.78, 5) is 14.8. The Balaban J connectivity index is 2.22. The van der Waals surface area contributed by atoms with Gasteiger partial charge in [0.25, 0.3) is 0 Å². The number of carbonyl (C=O) groups excluding carboxylic acids is 1. The molecule has 0 heterocycles. The summed E-state index contributed by atoms with van der Waals surface area (Å²) in [5.74, 6) is 1.13. The van der Waals surface area contributed by atoms with Crippen molar-refractivity contribution in [2.45, 2.75) is 38.5 Å². The molecule has 0 spiro atoms. The van der Waals surface area contributed by atoms with Crippen LogP contribution >= 0.6 is 0 Å². The zero-order valence-electron chi connectivity index (χ0n) is 12.9. The van der Waals surface area contributed by atoms with Crippen molar-refractivity contribution >= 4 is 11.6 Å². The monoisotopic (exact) mass is 290 g/mol. The maximum Gasteiger partial charge on any atom is 0.230 e. The lowest BCUT2D eigenvalue weighted by Gasteiger charge is -2.30. The van der Waals surface area contributed by atoms with Gasteiger partial charge in [-0.3, -0.25) is 4.79 Å². The van der Waals surface area contributed by atoms with E-state index >= 15 is 0 Å². The van der Waals surface area contributed by atoms with Crippen LogP contribution in [0.2, 0.25) is 0 Å². The van der Waals surface area contributed by atoms with Crippen LogP contribution in [0.1, 0.15) is 38.5 Å². The fourth-order valence-corrected chi connectivity index (χ4v) is 3.02. The van der Waals surface area contributed by atoms with Crippen LogP contribution < -0.4 is 15.4 Å². The quantitative estimate of drug-likeness (QED) is 0.876. The Morgan fingerprint density at radius 3 is 2.67 bits per heavy atom. The van der Waals surface area contributed by atoms with Gasteiger partial charge < -0.3 is 15.4 Å². The largest absolute Gasteiger partial charge is 0.495 e. The van der Waals surface area contributed by atoms with Gasteiger partial charge in [0, 0.05) is 12.5 Å². The number of rotatable bonds is 6. The van der Waals surface area contributed by atoms with Gasteiger partial charge in [-0.2, -0.15) is 0 Å². The maximum atomic E-state index is 12.9. The standard InChI is InChI=1S/C17H26N2O2/c1-21-16-11-6-5-10-15(16)19(13-7-12-18)17(20)14-8-3-2-4-9-14/h5-6,10-11,14H,2-4,7-9,12-13,18H2,1H3. The number of nitrogens with zero attached hydrogens (tertiary/aromatic N) is 1. The van der Waals surface area contributed by atoms with E-state index in [0.29, 0.717) is 13.1 Å². The van der Waals surface area contributed by atoms with Crippen LogP contribution in [0.4, 0.5) is 5.69 Å². The van der Waals surface area contributed by atoms with Crippen molar-refractivity contribution in [1.82, 2.24) is 0 Å². The normalized spacial score (nSPS) is 15.7. The first-order chi connectivity index (χ1) is 10.3. The third-order valence-corrected chi connectivity index (χ3v) is 4.18. The van der Waals surface area contributed by atoms with E-state index in [1.807, 2.05) is 29.2 Å². The Morgan fingerprint density at radius 2 is 2.00 bits per heavy atom. The Hall–Kier alpha value is -1.55. The van der Waals surface area contributed by atoms with Gasteiger partial charge in [-0.1, -0.05) is 31.4 Å². The molecule has 4 heteroatoms. The van der Waals surface area contributed by atoms with Crippen molar-refractivity contribution in [3.05, 3.63) is 24.3 Å². The Labute approximate surface area is 127 Å². The second kappa shape index (κ2) is 8.03. The molecule has 0 saturated heterocycles. The molecule has 0 aromatic heterocycles. The molecule has 0 radical (unpaired) electrons. The summed E-state index contributed by atoms with van der Waals surface area (Å²) in [6.45, 7) is 1.25. The average molecular weight is 290 g/mol. The van der Waals surface area contributed by atoms with Crippen LogP contribution in [0.5, 0.6) is 5.75 Å². The van der Waals surface area contributed by atoms with Crippen LogP contribution in [0.15, 0.2) is 24.3 Å². The van der Waals surface area contributed by atoms with Gasteiger partial charge in [0.2, 0.25) is 5.91 Å². The van der Waals surface area contributed by atoms with Crippen molar-refractivity contribution < 1.29 is 9.53 Å². The minimum atomic E-state index is 0.154. The molecule has 0 unspecified atom stereocenters. The van der Waals surface area contributed by atoms with Crippen molar-refractivity contribution in [2.75, 3.05) is 25.1 Å². The third-order valence-electron chi connectivity index (χ3n) is 4.18. The smallest absolute Gasteiger partial charge is 0.230 e. The zero-order valence-corrected chi connectivity index (χ0v) is 12.9. The predicted octanol–water partition coefficient (Wildman–Crippen LogP) is 2.96. The molecule has 2 rings (SSSR count). The first-order valence-electron chi connectivity index (χ1n) is 7.92. The molecule has 1 aliphatic rings. The fourth-order valence-electron chi connectivity index (χ4n) is 3.02. The number of hydrogen-bond donors (Lipinski definition) is 1. The van der Waals surface area contributed by atoms with E-state index in [9.17, 15) is 4.79 Å². The number of hydrogen-bond acceptors (Lipinski definition) is 3. The summed E-state index contributed by atoms with van der Waals surface area (Å²) >= 11 is 0. The topological polar surface area (TPSA) is 55.6 Å². The van der Waals surface area contributed by atoms with Gasteiger partial charge in [-0.15, -0.1) is 0 Å². The van der Waals surface area contributed by atoms with Crippen molar-refractivity contribution in [1.29, 1.82) is 0 Å². The van der Waals surface area contributed by atoms with Crippen LogP contribution in [0, 0.1) is 5.92 Å². The number of anilines is 1. The molecule has 2 N–H and O–H groups in total. The molecule has 21 heavy (non-hydrogen) atoms. The minimum Gasteiger partial charge on any atom is -0.495 e. The average Bonchev–Trinajstić information content (AvgIpc) is 2.56. The molecule has 4 nitrogen and oxygen atoms in total. The first kappa shape index (κ1) is 15.8. The lowest BCUT2D eigenvalue weighted by atomic mass is 9.88. The van der Waals surface area contributed by atoms with Gasteiger partial charge in [0.15, 0.2) is 0 Å². The second-order valence-electron chi connectivity index (χ2n) is 5.64. The summed E-state index contributed by atoms with van der Waals surface area (Å²) in [7, 11) is 1.64. The summed E-state index contributed by atoms with van der Waals surface area (Å²) in [5.41, 5.74) is 6.50. The summed E-state index contributed by atoms with van der Waals surface area (Å²) in [5, 5.41) is 0. The van der Waals surface area contributed by atoms with Crippen LogP contribution in [0.3, 0.4) is 0 Å². The molecule has 0 atom stereocenters. The molecule has 1 amide bonds. The SMILES string of the molecule is COc1ccccc1N(CCCN)C(=O)C1CCCCC1. The summed E-state index contributed by atoms with van der Waals surface area (Å²) in [6.07, 6.45) is 6.39. The minimum absolute atomic E-state index is 0.154. The zero-order chi connectivity index (χ0) is 15.1. The van der Waals surface area contributed by atoms with E-state index in [0.717, 1.165) is 43.5 Å². The van der Waals surface area contributed by atoms with E-state index in [1.165, 1.54) is 6.42 Å². The molecule has 116 valence electrons. The lowest BCUT2D eigenvalue weighted by Crippen LogP contribution is -2.38. The highest BCUT2D eigenvalue weighted by Crippen LogP contribution is 2.32. The third kappa shape index (κ3) is 3.97. The van der Waals surface area contributed by atoms with Crippen LogP contribution in [-0.2, 0) is 4.79 Å². The van der Waals surface area contributed by atoms with Gasteiger partial charge in [0.05, 0.1) is 12.8 Å². The molecule has 1 aliphatic carbocycles. The van der Waals surface area contributed by atoms with Crippen molar-refractivity contribution in [3.63, 3.8) is 0 Å². The number of methoxy groups -OCH3 is 1. The second-order valence-corrected chi connectivity index (χ2v) is 5.64. The van der Waals surface area contributed by atoms with Crippen LogP contribution in [0.25, 0.3) is 0 Å². The van der Waals surface area contributed by atoms with E-state index in [2.05, 4.69) is 0 Å². The lowest BCUT2D eigenvalue weighted by molar-refractivity contribution is -0.123. The number of para-hydroxylation sites is 2. The molecule has 1 saturated carbocycles. The van der Waals surface area contributed by atoms with E-state index in [-0.39, 0.29) is 11.8 Å². The number of benzene rings is 1. The van der Waals surface area contributed by atoms with Crippen molar-refractivity contribution in [2.24, 2.45) is 11.7 Å². The highest BCUT2D eigenvalue weighted by Gasteiger charge is 2.27.